The van der Waals surface area contributed by atoms with Gasteiger partial charge in [-0.1, -0.05) is 6.07 Å². The number of halogens is 3. The number of aromatic nitrogens is 3. The number of hydrogen-bond donors (Lipinski definition) is 2. The van der Waals surface area contributed by atoms with E-state index in [1.165, 1.54) is 26.1 Å². The standard InChI is InChI=1S/C14H16F3N5O2/c1-3-22-12(14(15,16)17)10(7-18-22)20-13(24)21(2)8-9-5-4-6-11(23)19-9/h4-7H,3,8H2,1-2H3,(H,19,23)(H,20,24). The van der Waals surface area contributed by atoms with Gasteiger partial charge in [-0.15, -0.1) is 0 Å². The van der Waals surface area contributed by atoms with E-state index in [1.807, 2.05) is 0 Å². The van der Waals surface area contributed by atoms with Crippen LogP contribution in [0.5, 0.6) is 0 Å². The summed E-state index contributed by atoms with van der Waals surface area (Å²) < 4.78 is 40.1. The number of H-pyrrole nitrogens is 1. The molecule has 24 heavy (non-hydrogen) atoms. The lowest BCUT2D eigenvalue weighted by Gasteiger charge is -2.18. The van der Waals surface area contributed by atoms with Gasteiger partial charge in [-0.3, -0.25) is 9.48 Å². The molecule has 0 aliphatic carbocycles. The van der Waals surface area contributed by atoms with Gasteiger partial charge in [-0.25, -0.2) is 4.79 Å². The molecule has 0 aliphatic heterocycles. The SMILES string of the molecule is CCn1ncc(NC(=O)N(C)Cc2cccc(=O)[nH]2)c1C(F)(F)F. The summed E-state index contributed by atoms with van der Waals surface area (Å²) in [6.07, 6.45) is -3.68. The lowest BCUT2D eigenvalue weighted by molar-refractivity contribution is -0.143. The number of amides is 2. The average molecular weight is 343 g/mol. The van der Waals surface area contributed by atoms with E-state index in [0.717, 1.165) is 15.8 Å². The molecule has 0 unspecified atom stereocenters. The van der Waals surface area contributed by atoms with Crippen molar-refractivity contribution in [1.29, 1.82) is 0 Å². The van der Waals surface area contributed by atoms with Crippen molar-refractivity contribution in [2.45, 2.75) is 26.2 Å². The molecule has 0 aliphatic rings. The normalized spacial score (nSPS) is 11.4. The van der Waals surface area contributed by atoms with Crippen LogP contribution in [-0.2, 0) is 19.3 Å². The minimum atomic E-state index is -4.64. The summed E-state index contributed by atoms with van der Waals surface area (Å²) in [5.74, 6) is 0. The number of aryl methyl sites for hydroxylation is 1. The van der Waals surface area contributed by atoms with Crippen molar-refractivity contribution in [2.24, 2.45) is 0 Å². The van der Waals surface area contributed by atoms with E-state index < -0.39 is 23.6 Å². The number of aromatic amines is 1. The van der Waals surface area contributed by atoms with Gasteiger partial charge < -0.3 is 15.2 Å². The Hall–Kier alpha value is -2.78. The van der Waals surface area contributed by atoms with Crippen LogP contribution in [0.4, 0.5) is 23.7 Å². The predicted octanol–water partition coefficient (Wildman–Crippen LogP) is 2.27. The number of urea groups is 1. The number of rotatable bonds is 4. The summed E-state index contributed by atoms with van der Waals surface area (Å²) in [5.41, 5.74) is -1.30. The Labute approximate surface area is 135 Å². The fourth-order valence-corrected chi connectivity index (χ4v) is 2.14. The summed E-state index contributed by atoms with van der Waals surface area (Å²) in [6, 6.07) is 3.69. The second kappa shape index (κ2) is 6.77. The van der Waals surface area contributed by atoms with Crippen molar-refractivity contribution in [1.82, 2.24) is 19.7 Å². The number of hydrogen-bond acceptors (Lipinski definition) is 3. The maximum absolute atomic E-state index is 13.1. The van der Waals surface area contributed by atoms with Gasteiger partial charge in [0.25, 0.3) is 0 Å². The largest absolute Gasteiger partial charge is 0.435 e. The molecule has 2 aromatic heterocycles. The van der Waals surface area contributed by atoms with E-state index in [2.05, 4.69) is 15.4 Å². The van der Waals surface area contributed by atoms with Gasteiger partial charge in [0.2, 0.25) is 5.56 Å². The molecule has 2 aromatic rings. The molecule has 2 amide bonds. The number of carbonyl (C=O) groups is 1. The van der Waals surface area contributed by atoms with Gasteiger partial charge in [-0.2, -0.15) is 18.3 Å². The van der Waals surface area contributed by atoms with Gasteiger partial charge in [0.15, 0.2) is 5.69 Å². The third kappa shape index (κ3) is 3.94. The summed E-state index contributed by atoms with van der Waals surface area (Å²) in [5, 5.41) is 5.82. The number of nitrogens with zero attached hydrogens (tertiary/aromatic N) is 3. The highest BCUT2D eigenvalue weighted by atomic mass is 19.4. The highest BCUT2D eigenvalue weighted by Gasteiger charge is 2.38. The van der Waals surface area contributed by atoms with Crippen LogP contribution in [0.1, 0.15) is 18.3 Å². The zero-order valence-corrected chi connectivity index (χ0v) is 13.0. The molecule has 2 rings (SSSR count). The number of nitrogens with one attached hydrogen (secondary N) is 2. The van der Waals surface area contributed by atoms with E-state index in [-0.39, 0.29) is 18.6 Å². The van der Waals surface area contributed by atoms with Gasteiger partial charge in [-0.05, 0) is 13.0 Å². The lowest BCUT2D eigenvalue weighted by atomic mass is 10.3. The molecule has 0 bridgehead atoms. The Balaban J connectivity index is 2.15. The maximum atomic E-state index is 13.1. The Bertz CT molecular complexity index is 781. The van der Waals surface area contributed by atoms with Crippen LogP contribution >= 0.6 is 0 Å². The highest BCUT2D eigenvalue weighted by molar-refractivity contribution is 5.89. The molecule has 10 heteroatoms. The van der Waals surface area contributed by atoms with Crippen LogP contribution in [0.25, 0.3) is 0 Å². The van der Waals surface area contributed by atoms with Crippen LogP contribution in [0, 0.1) is 0 Å². The highest BCUT2D eigenvalue weighted by Crippen LogP contribution is 2.34. The number of alkyl halides is 3. The van der Waals surface area contributed by atoms with Gasteiger partial charge in [0.1, 0.15) is 0 Å². The first-order valence-corrected chi connectivity index (χ1v) is 7.05. The zero-order valence-electron chi connectivity index (χ0n) is 13.0. The van der Waals surface area contributed by atoms with Gasteiger partial charge in [0.05, 0.1) is 18.4 Å². The van der Waals surface area contributed by atoms with E-state index in [1.54, 1.807) is 6.07 Å². The third-order valence-corrected chi connectivity index (χ3v) is 3.23. The Kier molecular flexibility index (Phi) is 4.96. The van der Waals surface area contributed by atoms with Crippen molar-refractivity contribution in [2.75, 3.05) is 12.4 Å². The Morgan fingerprint density at radius 2 is 2.12 bits per heavy atom. The quantitative estimate of drug-likeness (QED) is 0.893. The van der Waals surface area contributed by atoms with Crippen LogP contribution < -0.4 is 10.9 Å². The third-order valence-electron chi connectivity index (χ3n) is 3.23. The molecule has 0 spiro atoms. The minimum Gasteiger partial charge on any atom is -0.324 e. The maximum Gasteiger partial charge on any atom is 0.435 e. The second-order valence-electron chi connectivity index (χ2n) is 5.05. The van der Waals surface area contributed by atoms with Crippen LogP contribution in [0.3, 0.4) is 0 Å². The molecule has 130 valence electrons. The molecular weight excluding hydrogens is 327 g/mol. The van der Waals surface area contributed by atoms with Gasteiger partial charge >= 0.3 is 12.2 Å². The van der Waals surface area contributed by atoms with Crippen molar-refractivity contribution < 1.29 is 18.0 Å². The van der Waals surface area contributed by atoms with E-state index in [0.29, 0.717) is 5.69 Å². The molecule has 0 aromatic carbocycles. The average Bonchev–Trinajstić information content (AvgIpc) is 2.90. The fourth-order valence-electron chi connectivity index (χ4n) is 2.14. The summed E-state index contributed by atoms with van der Waals surface area (Å²) >= 11 is 0. The molecule has 2 heterocycles. The van der Waals surface area contributed by atoms with Crippen molar-refractivity contribution in [3.8, 4) is 0 Å². The number of pyridine rings is 1. The number of carbonyl (C=O) groups excluding carboxylic acids is 1. The summed E-state index contributed by atoms with van der Waals surface area (Å²) in [6.45, 7) is 1.57. The van der Waals surface area contributed by atoms with Gasteiger partial charge in [0, 0.05) is 25.4 Å². The lowest BCUT2D eigenvalue weighted by Crippen LogP contribution is -2.32. The van der Waals surface area contributed by atoms with Crippen molar-refractivity contribution in [3.63, 3.8) is 0 Å². The molecule has 0 atom stereocenters. The van der Waals surface area contributed by atoms with E-state index in [4.69, 9.17) is 0 Å². The molecule has 0 radical (unpaired) electrons. The second-order valence-corrected chi connectivity index (χ2v) is 5.05. The molecule has 7 nitrogen and oxygen atoms in total. The fraction of sp³-hybridized carbons (Fsp3) is 0.357. The molecule has 0 saturated heterocycles. The Morgan fingerprint density at radius 1 is 1.42 bits per heavy atom. The number of anilines is 1. The summed E-state index contributed by atoms with van der Waals surface area (Å²) in [4.78, 5) is 27.0. The topological polar surface area (TPSA) is 83.0 Å². The van der Waals surface area contributed by atoms with Crippen LogP contribution in [0.2, 0.25) is 0 Å². The molecule has 0 saturated carbocycles. The Morgan fingerprint density at radius 3 is 2.71 bits per heavy atom. The zero-order chi connectivity index (χ0) is 17.9. The molecule has 0 fully saturated rings. The summed E-state index contributed by atoms with van der Waals surface area (Å²) in [7, 11) is 1.40. The van der Waals surface area contributed by atoms with E-state index >= 15 is 0 Å². The predicted molar refractivity (Wildman–Crippen MR) is 80.5 cm³/mol. The van der Waals surface area contributed by atoms with E-state index in [9.17, 15) is 22.8 Å². The minimum absolute atomic E-state index is 0.0196. The first-order valence-electron chi connectivity index (χ1n) is 7.05. The molecular formula is C14H16F3N5O2. The monoisotopic (exact) mass is 343 g/mol. The molecule has 2 N–H and O–H groups in total. The van der Waals surface area contributed by atoms with Crippen LogP contribution in [0.15, 0.2) is 29.2 Å². The van der Waals surface area contributed by atoms with Crippen molar-refractivity contribution >= 4 is 11.7 Å². The first-order chi connectivity index (χ1) is 11.2. The smallest absolute Gasteiger partial charge is 0.324 e. The van der Waals surface area contributed by atoms with Crippen molar-refractivity contribution in [3.05, 3.63) is 46.1 Å². The first kappa shape index (κ1) is 17.6. The van der Waals surface area contributed by atoms with Crippen LogP contribution in [-0.4, -0.2) is 32.7 Å².